The van der Waals surface area contributed by atoms with E-state index in [2.05, 4.69) is 14.9 Å². The van der Waals surface area contributed by atoms with Crippen LogP contribution in [0.4, 0.5) is 5.82 Å². The Labute approximate surface area is 177 Å². The third-order valence-electron chi connectivity index (χ3n) is 3.71. The lowest BCUT2D eigenvalue weighted by atomic mass is 10.0. The van der Waals surface area contributed by atoms with Gasteiger partial charge in [-0.05, 0) is 24.1 Å². The highest BCUT2D eigenvalue weighted by Crippen LogP contribution is 2.32. The van der Waals surface area contributed by atoms with E-state index in [9.17, 15) is 13.2 Å². The topological polar surface area (TPSA) is 111 Å². The molecule has 0 radical (unpaired) electrons. The predicted molar refractivity (Wildman–Crippen MR) is 110 cm³/mol. The molecule has 0 amide bonds. The number of nitrogens with one attached hydrogen (secondary N) is 1. The van der Waals surface area contributed by atoms with Gasteiger partial charge in [0, 0.05) is 17.3 Å². The lowest BCUT2D eigenvalue weighted by Crippen LogP contribution is -2.10. The Kier molecular flexibility index (Phi) is 6.02. The second-order valence-electron chi connectivity index (χ2n) is 6.78. The second-order valence-corrected chi connectivity index (χ2v) is 9.34. The number of fused-ring (bicyclic) bond motifs is 1. The second kappa shape index (κ2) is 8.17. The third kappa shape index (κ3) is 4.98. The normalized spacial score (nSPS) is 11.8. The summed E-state index contributed by atoms with van der Waals surface area (Å²) < 4.78 is 35.7. The van der Waals surface area contributed by atoms with Crippen LogP contribution in [0, 0.1) is 5.92 Å². The van der Waals surface area contributed by atoms with E-state index < -0.39 is 15.8 Å². The molecule has 0 unspecified atom stereocenters. The molecule has 3 rings (SSSR count). The molecule has 1 N–H and O–H groups in total. The van der Waals surface area contributed by atoms with Gasteiger partial charge in [0.15, 0.2) is 17.2 Å². The number of hydrogen-bond donors (Lipinski definition) is 1. The number of benzene rings is 1. The summed E-state index contributed by atoms with van der Waals surface area (Å²) in [6, 6.07) is 4.24. The van der Waals surface area contributed by atoms with Gasteiger partial charge in [0.2, 0.25) is 15.9 Å². The number of anilines is 1. The minimum Gasteiger partial charge on any atom is -0.476 e. The third-order valence-corrected chi connectivity index (χ3v) is 4.86. The highest BCUT2D eigenvalue weighted by molar-refractivity contribution is 7.92. The molecule has 11 heteroatoms. The number of ketones is 1. The summed E-state index contributed by atoms with van der Waals surface area (Å²) in [4.78, 5) is 17.0. The zero-order valence-corrected chi connectivity index (χ0v) is 18.0. The maximum Gasteiger partial charge on any atom is 0.232 e. The maximum atomic E-state index is 12.9. The number of carbonyl (C=O) groups excluding carboxylic acids is 1. The Bertz CT molecular complexity index is 1190. The van der Waals surface area contributed by atoms with Crippen molar-refractivity contribution >= 4 is 55.8 Å². The van der Waals surface area contributed by atoms with Crippen molar-refractivity contribution in [1.82, 2.24) is 10.1 Å². The average Bonchev–Trinajstić information content (AvgIpc) is 2.99. The fraction of sp³-hybridized carbons (Fsp3) is 0.278. The van der Waals surface area contributed by atoms with Crippen LogP contribution in [-0.2, 0) is 10.0 Å². The molecule has 2 aromatic heterocycles. The van der Waals surface area contributed by atoms with E-state index in [1.807, 2.05) is 13.8 Å². The number of halogens is 2. The van der Waals surface area contributed by atoms with Crippen LogP contribution in [0.2, 0.25) is 10.0 Å². The summed E-state index contributed by atoms with van der Waals surface area (Å²) in [6.45, 7) is 4.42. The van der Waals surface area contributed by atoms with Gasteiger partial charge in [0.25, 0.3) is 0 Å². The summed E-state index contributed by atoms with van der Waals surface area (Å²) in [5.41, 5.74) is 0.539. The van der Waals surface area contributed by atoms with Crippen molar-refractivity contribution in [1.29, 1.82) is 0 Å². The van der Waals surface area contributed by atoms with Crippen molar-refractivity contribution in [2.45, 2.75) is 13.8 Å². The summed E-state index contributed by atoms with van der Waals surface area (Å²) in [6.07, 6.45) is 2.33. The lowest BCUT2D eigenvalue weighted by Gasteiger charge is -2.10. The van der Waals surface area contributed by atoms with E-state index in [4.69, 9.17) is 32.5 Å². The Morgan fingerprint density at radius 2 is 1.97 bits per heavy atom. The van der Waals surface area contributed by atoms with Gasteiger partial charge in [0.05, 0.1) is 23.3 Å². The summed E-state index contributed by atoms with van der Waals surface area (Å²) in [5.74, 6) is 0.0874. The van der Waals surface area contributed by atoms with Crippen LogP contribution in [0.1, 0.15) is 29.8 Å². The van der Waals surface area contributed by atoms with Crippen LogP contribution in [0.25, 0.3) is 11.0 Å². The van der Waals surface area contributed by atoms with Gasteiger partial charge in [0.1, 0.15) is 5.02 Å². The van der Waals surface area contributed by atoms with E-state index in [0.717, 1.165) is 6.26 Å². The monoisotopic (exact) mass is 457 g/mol. The standard InChI is InChI=1S/C18H17Cl2N3O5S/c1-9(2)8-27-18-14(20)4-10(7-21-18)16(24)11-6-15-12(5-13(11)19)17(22-28-15)23-29(3,25)26/h4-7,9H,8H2,1-3H3,(H,22,23). The Morgan fingerprint density at radius 1 is 1.24 bits per heavy atom. The lowest BCUT2D eigenvalue weighted by molar-refractivity contribution is 0.103. The number of carbonyl (C=O) groups is 1. The Morgan fingerprint density at radius 3 is 2.59 bits per heavy atom. The number of ether oxygens (including phenoxy) is 1. The molecule has 8 nitrogen and oxygen atoms in total. The van der Waals surface area contributed by atoms with Crippen molar-refractivity contribution in [3.63, 3.8) is 0 Å². The van der Waals surface area contributed by atoms with Crippen LogP contribution in [-0.4, -0.2) is 37.2 Å². The average molecular weight is 458 g/mol. The van der Waals surface area contributed by atoms with Gasteiger partial charge in [-0.2, -0.15) is 0 Å². The number of hydrogen-bond acceptors (Lipinski definition) is 7. The summed E-state index contributed by atoms with van der Waals surface area (Å²) in [5, 5.41) is 4.29. The molecule has 0 spiro atoms. The molecule has 0 saturated carbocycles. The molecule has 0 fully saturated rings. The van der Waals surface area contributed by atoms with Crippen LogP contribution < -0.4 is 9.46 Å². The highest BCUT2D eigenvalue weighted by Gasteiger charge is 2.20. The van der Waals surface area contributed by atoms with Gasteiger partial charge >= 0.3 is 0 Å². The van der Waals surface area contributed by atoms with Gasteiger partial charge in [-0.1, -0.05) is 42.2 Å². The number of sulfonamides is 1. The Hall–Kier alpha value is -2.36. The molecule has 2 heterocycles. The van der Waals surface area contributed by atoms with E-state index in [1.54, 1.807) is 0 Å². The molecular formula is C18H17Cl2N3O5S. The minimum absolute atomic E-state index is 0.0141. The number of nitrogens with zero attached hydrogens (tertiary/aromatic N) is 2. The molecule has 0 aliphatic rings. The zero-order valence-electron chi connectivity index (χ0n) is 15.7. The molecule has 154 valence electrons. The van der Waals surface area contributed by atoms with Crippen molar-refractivity contribution in [2.24, 2.45) is 5.92 Å². The SMILES string of the molecule is CC(C)COc1ncc(C(=O)c2cc3onc(NS(C)(=O)=O)c3cc2Cl)cc1Cl. The molecule has 0 bridgehead atoms. The quantitative estimate of drug-likeness (QED) is 0.529. The van der Waals surface area contributed by atoms with E-state index in [0.29, 0.717) is 17.9 Å². The van der Waals surface area contributed by atoms with E-state index in [-0.39, 0.29) is 38.5 Å². The number of pyridine rings is 1. The van der Waals surface area contributed by atoms with Gasteiger partial charge in [-0.25, -0.2) is 13.4 Å². The van der Waals surface area contributed by atoms with Crippen LogP contribution >= 0.6 is 23.2 Å². The minimum atomic E-state index is -3.56. The van der Waals surface area contributed by atoms with E-state index in [1.165, 1.54) is 24.4 Å². The maximum absolute atomic E-state index is 12.9. The van der Waals surface area contributed by atoms with Gasteiger partial charge < -0.3 is 9.26 Å². The number of aromatic nitrogens is 2. The molecule has 1 aromatic carbocycles. The largest absolute Gasteiger partial charge is 0.476 e. The fourth-order valence-electron chi connectivity index (χ4n) is 2.44. The first kappa shape index (κ1) is 21.4. The van der Waals surface area contributed by atoms with Crippen molar-refractivity contribution in [3.05, 3.63) is 45.6 Å². The van der Waals surface area contributed by atoms with Crippen LogP contribution in [0.3, 0.4) is 0 Å². The van der Waals surface area contributed by atoms with Gasteiger partial charge in [-0.15, -0.1) is 0 Å². The first-order chi connectivity index (χ1) is 13.5. The summed E-state index contributed by atoms with van der Waals surface area (Å²) >= 11 is 12.4. The first-order valence-corrected chi connectivity index (χ1v) is 11.1. The Balaban J connectivity index is 1.93. The molecule has 0 saturated heterocycles. The summed E-state index contributed by atoms with van der Waals surface area (Å²) in [7, 11) is -3.56. The van der Waals surface area contributed by atoms with Crippen molar-refractivity contribution < 1.29 is 22.5 Å². The van der Waals surface area contributed by atoms with Crippen molar-refractivity contribution in [3.8, 4) is 5.88 Å². The zero-order chi connectivity index (χ0) is 21.3. The molecule has 0 aliphatic carbocycles. The van der Waals surface area contributed by atoms with Crippen LogP contribution in [0.15, 0.2) is 28.9 Å². The fourth-order valence-corrected chi connectivity index (χ4v) is 3.41. The van der Waals surface area contributed by atoms with Gasteiger partial charge in [-0.3, -0.25) is 9.52 Å². The highest BCUT2D eigenvalue weighted by atomic mass is 35.5. The number of rotatable bonds is 7. The van der Waals surface area contributed by atoms with Crippen LogP contribution in [0.5, 0.6) is 5.88 Å². The van der Waals surface area contributed by atoms with E-state index >= 15 is 0 Å². The first-order valence-electron chi connectivity index (χ1n) is 8.45. The molecule has 3 aromatic rings. The molecule has 0 atom stereocenters. The predicted octanol–water partition coefficient (Wildman–Crippen LogP) is 4.17. The molecule has 29 heavy (non-hydrogen) atoms. The molecule has 0 aliphatic heterocycles. The molecular weight excluding hydrogens is 441 g/mol. The smallest absolute Gasteiger partial charge is 0.232 e. The van der Waals surface area contributed by atoms with Crippen molar-refractivity contribution in [2.75, 3.05) is 17.6 Å².